The molecule has 0 bridgehead atoms. The van der Waals surface area contributed by atoms with E-state index in [2.05, 4.69) is 20.6 Å². The number of carbonyl (C=O) groups excluding carboxylic acids is 2. The molecule has 27 heavy (non-hydrogen) atoms. The highest BCUT2D eigenvalue weighted by molar-refractivity contribution is 6.04. The zero-order chi connectivity index (χ0) is 19.9. The Balaban J connectivity index is 2.06. The van der Waals surface area contributed by atoms with Gasteiger partial charge in [0.1, 0.15) is 5.82 Å². The van der Waals surface area contributed by atoms with E-state index in [0.717, 1.165) is 5.56 Å². The van der Waals surface area contributed by atoms with Crippen LogP contribution in [0.15, 0.2) is 36.7 Å². The minimum atomic E-state index is -0.539. The van der Waals surface area contributed by atoms with Crippen LogP contribution in [-0.4, -0.2) is 33.9 Å². The highest BCUT2D eigenvalue weighted by Crippen LogP contribution is 2.10. The summed E-state index contributed by atoms with van der Waals surface area (Å²) in [5.74, 6) is -1.40. The van der Waals surface area contributed by atoms with Gasteiger partial charge >= 0.3 is 0 Å². The van der Waals surface area contributed by atoms with Crippen LogP contribution in [0, 0.1) is 5.82 Å². The number of nitrogens with zero attached hydrogens (tertiary/aromatic N) is 2. The fourth-order valence-corrected chi connectivity index (χ4v) is 2.38. The predicted molar refractivity (Wildman–Crippen MR) is 99.4 cm³/mol. The Bertz CT molecular complexity index is 791. The van der Waals surface area contributed by atoms with E-state index in [1.54, 1.807) is 12.1 Å². The molecule has 0 saturated heterocycles. The van der Waals surface area contributed by atoms with E-state index >= 15 is 0 Å². The first-order chi connectivity index (χ1) is 12.9. The van der Waals surface area contributed by atoms with E-state index in [1.165, 1.54) is 24.5 Å². The topological polar surface area (TPSA) is 110 Å². The van der Waals surface area contributed by atoms with Gasteiger partial charge in [-0.15, -0.1) is 0 Å². The third-order valence-corrected chi connectivity index (χ3v) is 4.50. The number of carbonyl (C=O) groups is 2. The van der Waals surface area contributed by atoms with Crippen LogP contribution in [0.1, 0.15) is 53.2 Å². The summed E-state index contributed by atoms with van der Waals surface area (Å²) in [6.45, 7) is 4.35. The second-order valence-corrected chi connectivity index (χ2v) is 6.31. The maximum atomic E-state index is 12.9. The molecule has 8 heteroatoms. The smallest absolute Gasteiger partial charge is 0.272 e. The first-order valence-corrected chi connectivity index (χ1v) is 8.79. The number of benzene rings is 1. The number of rotatable bonds is 8. The predicted octanol–water partition coefficient (Wildman–Crippen LogP) is 1.79. The number of aromatic nitrogens is 2. The monoisotopic (exact) mass is 373 g/mol. The van der Waals surface area contributed by atoms with Gasteiger partial charge in [-0.25, -0.2) is 14.4 Å². The van der Waals surface area contributed by atoms with Gasteiger partial charge < -0.3 is 16.4 Å². The van der Waals surface area contributed by atoms with Crippen molar-refractivity contribution in [1.29, 1.82) is 0 Å². The molecule has 0 unspecified atom stereocenters. The lowest BCUT2D eigenvalue weighted by molar-refractivity contribution is 0.0904. The van der Waals surface area contributed by atoms with Crippen LogP contribution in [0.5, 0.6) is 0 Å². The number of amides is 2. The zero-order valence-electron chi connectivity index (χ0n) is 15.5. The van der Waals surface area contributed by atoms with Crippen molar-refractivity contribution < 1.29 is 14.0 Å². The highest BCUT2D eigenvalue weighted by atomic mass is 19.1. The Kier molecular flexibility index (Phi) is 6.95. The molecular formula is C19H24FN5O2. The van der Waals surface area contributed by atoms with E-state index < -0.39 is 17.4 Å². The van der Waals surface area contributed by atoms with E-state index in [1.807, 2.05) is 13.8 Å². The number of nitrogens with one attached hydrogen (secondary N) is 2. The Labute approximate surface area is 157 Å². The van der Waals surface area contributed by atoms with E-state index in [-0.39, 0.29) is 30.3 Å². The summed E-state index contributed by atoms with van der Waals surface area (Å²) in [6.07, 6.45) is 4.10. The van der Waals surface area contributed by atoms with E-state index in [9.17, 15) is 14.0 Å². The average Bonchev–Trinajstić information content (AvgIpc) is 2.71. The van der Waals surface area contributed by atoms with Gasteiger partial charge in [-0.05, 0) is 30.5 Å². The van der Waals surface area contributed by atoms with Gasteiger partial charge in [-0.1, -0.05) is 26.0 Å². The molecule has 0 radical (unpaired) electrons. The van der Waals surface area contributed by atoms with Crippen molar-refractivity contribution in [2.45, 2.75) is 38.8 Å². The molecule has 2 rings (SSSR count). The molecule has 1 aromatic carbocycles. The number of halogens is 1. The summed E-state index contributed by atoms with van der Waals surface area (Å²) in [5.41, 5.74) is 6.25. The summed E-state index contributed by atoms with van der Waals surface area (Å²) >= 11 is 0. The number of hydrogen-bond acceptors (Lipinski definition) is 5. The van der Waals surface area contributed by atoms with E-state index in [0.29, 0.717) is 12.8 Å². The van der Waals surface area contributed by atoms with E-state index in [4.69, 9.17) is 5.73 Å². The van der Waals surface area contributed by atoms with Crippen LogP contribution in [-0.2, 0) is 6.54 Å². The van der Waals surface area contributed by atoms with Gasteiger partial charge in [-0.3, -0.25) is 9.59 Å². The molecule has 1 heterocycles. The lowest BCUT2D eigenvalue weighted by Crippen LogP contribution is -2.49. The maximum Gasteiger partial charge on any atom is 0.272 e. The summed E-state index contributed by atoms with van der Waals surface area (Å²) in [6, 6.07) is 5.75. The molecule has 4 N–H and O–H groups in total. The van der Waals surface area contributed by atoms with Gasteiger partial charge in [0.2, 0.25) is 0 Å². The average molecular weight is 373 g/mol. The molecule has 0 saturated carbocycles. The summed E-state index contributed by atoms with van der Waals surface area (Å²) in [7, 11) is 0. The molecule has 0 aliphatic rings. The van der Waals surface area contributed by atoms with Gasteiger partial charge in [0, 0.05) is 31.0 Å². The van der Waals surface area contributed by atoms with Crippen molar-refractivity contribution in [3.63, 3.8) is 0 Å². The second-order valence-electron chi connectivity index (χ2n) is 6.31. The fraction of sp³-hybridized carbons (Fsp3) is 0.368. The van der Waals surface area contributed by atoms with Gasteiger partial charge in [0.15, 0.2) is 11.4 Å². The molecular weight excluding hydrogens is 349 g/mol. The Morgan fingerprint density at radius 2 is 1.52 bits per heavy atom. The van der Waals surface area contributed by atoms with Gasteiger partial charge in [0.25, 0.3) is 11.8 Å². The molecule has 7 nitrogen and oxygen atoms in total. The third kappa shape index (κ3) is 5.55. The lowest BCUT2D eigenvalue weighted by Gasteiger charge is -2.26. The fourth-order valence-electron chi connectivity index (χ4n) is 2.38. The molecule has 2 aromatic rings. The first kappa shape index (κ1) is 20.4. The van der Waals surface area contributed by atoms with Crippen LogP contribution >= 0.6 is 0 Å². The van der Waals surface area contributed by atoms with Crippen LogP contribution < -0.4 is 16.4 Å². The number of nitrogens with two attached hydrogens (primary N) is 1. The van der Waals surface area contributed by atoms with Gasteiger partial charge in [0.05, 0.1) is 0 Å². The SMILES string of the molecule is CCC(N)(CC)CNC(=O)c1nccnc1C(=O)NCc1ccc(F)cc1. The lowest BCUT2D eigenvalue weighted by atomic mass is 9.94. The maximum absolute atomic E-state index is 12.9. The first-order valence-electron chi connectivity index (χ1n) is 8.79. The van der Waals surface area contributed by atoms with Crippen molar-refractivity contribution in [2.75, 3.05) is 6.54 Å². The van der Waals surface area contributed by atoms with Crippen LogP contribution in [0.4, 0.5) is 4.39 Å². The van der Waals surface area contributed by atoms with Crippen molar-refractivity contribution in [1.82, 2.24) is 20.6 Å². The summed E-state index contributed by atoms with van der Waals surface area (Å²) < 4.78 is 12.9. The second kappa shape index (κ2) is 9.18. The van der Waals surface area contributed by atoms with Crippen LogP contribution in [0.3, 0.4) is 0 Å². The van der Waals surface area contributed by atoms with Crippen molar-refractivity contribution in [3.8, 4) is 0 Å². The quantitative estimate of drug-likeness (QED) is 0.653. The van der Waals surface area contributed by atoms with Gasteiger partial charge in [-0.2, -0.15) is 0 Å². The molecule has 0 spiro atoms. The molecule has 0 fully saturated rings. The van der Waals surface area contributed by atoms with Crippen LogP contribution in [0.2, 0.25) is 0 Å². The highest BCUT2D eigenvalue weighted by Gasteiger charge is 2.24. The summed E-state index contributed by atoms with van der Waals surface area (Å²) in [4.78, 5) is 32.9. The zero-order valence-corrected chi connectivity index (χ0v) is 15.5. The third-order valence-electron chi connectivity index (χ3n) is 4.50. The normalized spacial score (nSPS) is 11.1. The molecule has 0 aliphatic heterocycles. The Morgan fingerprint density at radius 1 is 1.00 bits per heavy atom. The van der Waals surface area contributed by atoms with Crippen molar-refractivity contribution in [2.24, 2.45) is 5.73 Å². The Morgan fingerprint density at radius 3 is 2.04 bits per heavy atom. The largest absolute Gasteiger partial charge is 0.349 e. The minimum Gasteiger partial charge on any atom is -0.349 e. The summed E-state index contributed by atoms with van der Waals surface area (Å²) in [5, 5.41) is 5.38. The molecule has 0 atom stereocenters. The van der Waals surface area contributed by atoms with Crippen LogP contribution in [0.25, 0.3) is 0 Å². The molecule has 1 aromatic heterocycles. The minimum absolute atomic E-state index is 0.0661. The molecule has 2 amide bonds. The molecule has 144 valence electrons. The standard InChI is InChI=1S/C19H24FN5O2/c1-3-19(21,4-2)12-25-18(27)16-15(22-9-10-23-16)17(26)24-11-13-5-7-14(20)8-6-13/h5-10H,3-4,11-12,21H2,1-2H3,(H,24,26)(H,25,27). The molecule has 0 aliphatic carbocycles. The number of hydrogen-bond donors (Lipinski definition) is 3. The Hall–Kier alpha value is -2.87. The van der Waals surface area contributed by atoms with Crippen molar-refractivity contribution in [3.05, 3.63) is 59.4 Å². The van der Waals surface area contributed by atoms with Crippen molar-refractivity contribution >= 4 is 11.8 Å².